The van der Waals surface area contributed by atoms with Crippen LogP contribution >= 0.6 is 0 Å². The summed E-state index contributed by atoms with van der Waals surface area (Å²) in [6, 6.07) is 1.54. The molecule has 0 saturated carbocycles. The second-order valence-corrected chi connectivity index (χ2v) is 4.92. The number of nitrogens with one attached hydrogen (secondary N) is 1. The molecule has 0 unspecified atom stereocenters. The van der Waals surface area contributed by atoms with Crippen molar-refractivity contribution in [2.24, 2.45) is 0 Å². The molecule has 1 heterocycles. The summed E-state index contributed by atoms with van der Waals surface area (Å²) < 4.78 is 5.14. The van der Waals surface area contributed by atoms with Gasteiger partial charge in [0.05, 0.1) is 12.1 Å². The van der Waals surface area contributed by atoms with E-state index < -0.39 is 5.97 Å². The van der Waals surface area contributed by atoms with Crippen LogP contribution < -0.4 is 5.32 Å². The number of carbonyl (C=O) groups is 1. The highest BCUT2D eigenvalue weighted by molar-refractivity contribution is 5.87. The van der Waals surface area contributed by atoms with Crippen LogP contribution in [0.1, 0.15) is 30.0 Å². The molecule has 0 aliphatic rings. The fraction of sp³-hybridized carbons (Fsp3) is 0.583. The third-order valence-corrected chi connectivity index (χ3v) is 2.97. The van der Waals surface area contributed by atoms with Crippen molar-refractivity contribution in [3.05, 3.63) is 23.7 Å². The van der Waals surface area contributed by atoms with Crippen LogP contribution in [-0.2, 0) is 6.54 Å². The first-order valence-electron chi connectivity index (χ1n) is 5.52. The Bertz CT molecular complexity index is 383. The van der Waals surface area contributed by atoms with Gasteiger partial charge in [-0.3, -0.25) is 0 Å². The standard InChI is InChI=1S/C12H20N2O3/c1-12(2,14(3)4)8-13-6-10-5-9(7-17-10)11(15)16/h5,7,13H,6,8H2,1-4H3,(H,15,16). The van der Waals surface area contributed by atoms with Gasteiger partial charge in [0, 0.05) is 12.1 Å². The van der Waals surface area contributed by atoms with Crippen LogP contribution in [-0.4, -0.2) is 42.2 Å². The molecule has 5 heteroatoms. The lowest BCUT2D eigenvalue weighted by atomic mass is 10.0. The Hall–Kier alpha value is -1.33. The van der Waals surface area contributed by atoms with Crippen molar-refractivity contribution in [1.82, 2.24) is 10.2 Å². The average Bonchev–Trinajstić information content (AvgIpc) is 2.66. The Morgan fingerprint density at radius 2 is 2.18 bits per heavy atom. The second kappa shape index (κ2) is 5.33. The van der Waals surface area contributed by atoms with Gasteiger partial charge in [-0.2, -0.15) is 0 Å². The first kappa shape index (κ1) is 13.7. The summed E-state index contributed by atoms with van der Waals surface area (Å²) in [6.45, 7) is 5.59. The highest BCUT2D eigenvalue weighted by Gasteiger charge is 2.19. The summed E-state index contributed by atoms with van der Waals surface area (Å²) in [7, 11) is 4.05. The van der Waals surface area contributed by atoms with Crippen LogP contribution in [0, 0.1) is 0 Å². The quantitative estimate of drug-likeness (QED) is 0.787. The molecule has 0 saturated heterocycles. The Morgan fingerprint density at radius 3 is 2.65 bits per heavy atom. The SMILES string of the molecule is CN(C)C(C)(C)CNCc1cc(C(=O)O)co1. The molecule has 0 fully saturated rings. The maximum Gasteiger partial charge on any atom is 0.338 e. The van der Waals surface area contributed by atoms with Crippen LogP contribution in [0.2, 0.25) is 0 Å². The number of carboxylic acids is 1. The van der Waals surface area contributed by atoms with E-state index >= 15 is 0 Å². The number of nitrogens with zero attached hydrogens (tertiary/aromatic N) is 1. The van der Waals surface area contributed by atoms with Crippen molar-refractivity contribution in [1.29, 1.82) is 0 Å². The minimum absolute atomic E-state index is 0.0439. The van der Waals surface area contributed by atoms with Crippen molar-refractivity contribution in [2.45, 2.75) is 25.9 Å². The molecule has 0 aromatic carbocycles. The highest BCUT2D eigenvalue weighted by Crippen LogP contribution is 2.10. The summed E-state index contributed by atoms with van der Waals surface area (Å²) in [6.07, 6.45) is 1.26. The molecule has 0 spiro atoms. The zero-order valence-corrected chi connectivity index (χ0v) is 10.8. The van der Waals surface area contributed by atoms with Gasteiger partial charge in [-0.05, 0) is 34.0 Å². The molecule has 0 aliphatic carbocycles. The van der Waals surface area contributed by atoms with Crippen molar-refractivity contribution < 1.29 is 14.3 Å². The van der Waals surface area contributed by atoms with E-state index in [4.69, 9.17) is 9.52 Å². The molecule has 0 atom stereocenters. The van der Waals surface area contributed by atoms with E-state index in [0.717, 1.165) is 6.54 Å². The maximum atomic E-state index is 10.6. The van der Waals surface area contributed by atoms with Gasteiger partial charge >= 0.3 is 5.97 Å². The van der Waals surface area contributed by atoms with Gasteiger partial charge < -0.3 is 19.7 Å². The average molecular weight is 240 g/mol. The zero-order chi connectivity index (χ0) is 13.1. The monoisotopic (exact) mass is 240 g/mol. The number of hydrogen-bond acceptors (Lipinski definition) is 4. The first-order valence-corrected chi connectivity index (χ1v) is 5.52. The highest BCUT2D eigenvalue weighted by atomic mass is 16.4. The molecule has 0 aliphatic heterocycles. The molecule has 1 rings (SSSR count). The van der Waals surface area contributed by atoms with Gasteiger partial charge in [-0.1, -0.05) is 0 Å². The summed E-state index contributed by atoms with van der Waals surface area (Å²) in [5.74, 6) is -0.328. The smallest absolute Gasteiger partial charge is 0.338 e. The van der Waals surface area contributed by atoms with Crippen LogP contribution in [0.15, 0.2) is 16.7 Å². The topological polar surface area (TPSA) is 65.7 Å². The zero-order valence-electron chi connectivity index (χ0n) is 10.8. The van der Waals surface area contributed by atoms with Gasteiger partial charge in [0.1, 0.15) is 12.0 Å². The van der Waals surface area contributed by atoms with E-state index in [-0.39, 0.29) is 11.1 Å². The normalized spacial score (nSPS) is 12.1. The molecule has 96 valence electrons. The predicted octanol–water partition coefficient (Wildman–Crippen LogP) is 1.41. The number of rotatable bonds is 6. The van der Waals surface area contributed by atoms with Gasteiger partial charge in [0.2, 0.25) is 0 Å². The Morgan fingerprint density at radius 1 is 1.53 bits per heavy atom. The first-order chi connectivity index (χ1) is 7.83. The minimum Gasteiger partial charge on any atom is -0.478 e. The molecule has 5 nitrogen and oxygen atoms in total. The fourth-order valence-corrected chi connectivity index (χ4v) is 1.24. The lowest BCUT2D eigenvalue weighted by molar-refractivity contribution is 0.0696. The van der Waals surface area contributed by atoms with Gasteiger partial charge in [-0.15, -0.1) is 0 Å². The number of furan rings is 1. The molecule has 0 radical (unpaired) electrons. The Labute approximate surface area is 101 Å². The van der Waals surface area contributed by atoms with E-state index in [1.54, 1.807) is 0 Å². The molecule has 1 aromatic rings. The van der Waals surface area contributed by atoms with Crippen LogP contribution in [0.4, 0.5) is 0 Å². The number of hydrogen-bond donors (Lipinski definition) is 2. The van der Waals surface area contributed by atoms with E-state index in [2.05, 4.69) is 24.1 Å². The molecular formula is C12H20N2O3. The van der Waals surface area contributed by atoms with Gasteiger partial charge in [-0.25, -0.2) is 4.79 Å². The van der Waals surface area contributed by atoms with Crippen molar-refractivity contribution in [3.8, 4) is 0 Å². The summed E-state index contributed by atoms with van der Waals surface area (Å²) in [5.41, 5.74) is 0.232. The summed E-state index contributed by atoms with van der Waals surface area (Å²) in [5, 5.41) is 12.0. The van der Waals surface area contributed by atoms with E-state index in [1.807, 2.05) is 14.1 Å². The minimum atomic E-state index is -0.964. The summed E-state index contributed by atoms with van der Waals surface area (Å²) in [4.78, 5) is 12.8. The van der Waals surface area contributed by atoms with Crippen LogP contribution in [0.5, 0.6) is 0 Å². The van der Waals surface area contributed by atoms with Gasteiger partial charge in [0.15, 0.2) is 0 Å². The largest absolute Gasteiger partial charge is 0.478 e. The summed E-state index contributed by atoms with van der Waals surface area (Å²) >= 11 is 0. The van der Waals surface area contributed by atoms with E-state index in [9.17, 15) is 4.79 Å². The molecule has 0 amide bonds. The van der Waals surface area contributed by atoms with E-state index in [0.29, 0.717) is 12.3 Å². The third kappa shape index (κ3) is 3.87. The maximum absolute atomic E-state index is 10.6. The van der Waals surface area contributed by atoms with Crippen molar-refractivity contribution in [2.75, 3.05) is 20.6 Å². The molecule has 2 N–H and O–H groups in total. The lowest BCUT2D eigenvalue weighted by Crippen LogP contribution is -2.46. The fourth-order valence-electron chi connectivity index (χ4n) is 1.24. The van der Waals surface area contributed by atoms with Gasteiger partial charge in [0.25, 0.3) is 0 Å². The number of carboxylic acid groups (broad SMARTS) is 1. The van der Waals surface area contributed by atoms with Crippen molar-refractivity contribution in [3.63, 3.8) is 0 Å². The third-order valence-electron chi connectivity index (χ3n) is 2.97. The van der Waals surface area contributed by atoms with E-state index in [1.165, 1.54) is 12.3 Å². The second-order valence-electron chi connectivity index (χ2n) is 4.92. The van der Waals surface area contributed by atoms with Crippen LogP contribution in [0.25, 0.3) is 0 Å². The Kier molecular flexibility index (Phi) is 4.31. The predicted molar refractivity (Wildman–Crippen MR) is 65.1 cm³/mol. The van der Waals surface area contributed by atoms with Crippen molar-refractivity contribution >= 4 is 5.97 Å². The Balaban J connectivity index is 2.43. The van der Waals surface area contributed by atoms with Crippen LogP contribution in [0.3, 0.4) is 0 Å². The molecule has 1 aromatic heterocycles. The number of aromatic carboxylic acids is 1. The molecular weight excluding hydrogens is 220 g/mol. The molecule has 0 bridgehead atoms. The lowest BCUT2D eigenvalue weighted by Gasteiger charge is -2.32. The molecule has 17 heavy (non-hydrogen) atoms. The number of likely N-dealkylation sites (N-methyl/N-ethyl adjacent to an activating group) is 1.